The van der Waals surface area contributed by atoms with Crippen molar-refractivity contribution in [1.82, 2.24) is 0 Å². The lowest BCUT2D eigenvalue weighted by molar-refractivity contribution is -0.148. The van der Waals surface area contributed by atoms with Gasteiger partial charge in [0.1, 0.15) is 18.0 Å². The van der Waals surface area contributed by atoms with Crippen LogP contribution in [-0.2, 0) is 99.5 Å². The summed E-state index contributed by atoms with van der Waals surface area (Å²) >= 11 is 12.3. The molecule has 0 saturated heterocycles. The van der Waals surface area contributed by atoms with Crippen molar-refractivity contribution in [3.05, 3.63) is 217 Å². The number of phenolic OH excluding ortho intramolecular Hbond substituents is 1. The minimum atomic E-state index is -3.67. The summed E-state index contributed by atoms with van der Waals surface area (Å²) < 4.78 is 166. The van der Waals surface area contributed by atoms with Gasteiger partial charge in [0.05, 0.1) is 88.2 Å². The largest absolute Gasteiger partial charge is 0.505 e. The zero-order chi connectivity index (χ0) is 97.1. The van der Waals surface area contributed by atoms with Crippen LogP contribution in [0.1, 0.15) is 179 Å². The molecule has 0 radical (unpaired) electrons. The molecule has 11 rings (SSSR count). The number of halogens is 11. The van der Waals surface area contributed by atoms with Crippen molar-refractivity contribution in [3.63, 3.8) is 0 Å². The van der Waals surface area contributed by atoms with Crippen LogP contribution >= 0.6 is 63.2 Å². The number of aldehydes is 1. The van der Waals surface area contributed by atoms with E-state index in [0.29, 0.717) is 86.7 Å². The highest BCUT2D eigenvalue weighted by Crippen LogP contribution is 2.41. The van der Waals surface area contributed by atoms with Gasteiger partial charge in [-0.25, -0.2) is 40.3 Å². The number of aliphatic carboxylic acids is 4. The number of carboxylic acid groups (broad SMARTS) is 4. The van der Waals surface area contributed by atoms with Gasteiger partial charge in [-0.1, -0.05) is 42.9 Å². The quantitative estimate of drug-likeness (QED) is 0.00377. The van der Waals surface area contributed by atoms with Crippen molar-refractivity contribution < 1.29 is 167 Å². The lowest BCUT2D eigenvalue weighted by Crippen LogP contribution is -2.08. The average molecular weight is 2130 g/mol. The number of benzene rings is 7. The van der Waals surface area contributed by atoms with E-state index in [1.807, 2.05) is 0 Å². The number of esters is 4. The summed E-state index contributed by atoms with van der Waals surface area (Å²) in [5.74, 6) is -7.98. The summed E-state index contributed by atoms with van der Waals surface area (Å²) in [6.45, 7) is 8.63. The van der Waals surface area contributed by atoms with Crippen LogP contribution < -0.4 is 28.4 Å². The van der Waals surface area contributed by atoms with Crippen LogP contribution in [0.5, 0.6) is 40.2 Å². The van der Waals surface area contributed by atoms with Gasteiger partial charge >= 0.3 is 50.9 Å². The van der Waals surface area contributed by atoms with Gasteiger partial charge in [0, 0.05) is 39.0 Å². The fraction of sp³-hybridized carbons (Fsp3) is 0.371. The van der Waals surface area contributed by atoms with Crippen molar-refractivity contribution in [2.75, 3.05) is 80.7 Å². The zero-order valence-electron chi connectivity index (χ0n) is 71.3. The number of phenols is 1. The second-order valence-electron chi connectivity index (χ2n) is 26.1. The molecular formula is C89H110BBr4F7O28S. The zero-order valence-corrected chi connectivity index (χ0v) is 78.5. The lowest BCUT2D eigenvalue weighted by atomic mass is 9.97. The number of rotatable bonds is 24. The van der Waals surface area contributed by atoms with Gasteiger partial charge in [-0.05, 0) is 244 Å². The molecule has 7 aromatic rings. The SMILES string of the molecule is BrB(Br)Br.C.C.CCOC(=O)/C=C1\CCc2cc(OC)c(F)cc21.CCOC(=O)CBr.CCOC(=O)CC1CCc2cc(O)c(F)cc21.CCOC(=O)CC1CCc2cc(OC)c(F)cc21.COc1cc(/C=C/C(=O)O)ccc1F.COc1cc(C=O)ccc1F.COc1cc(CCC(=O)O)ccc1F.COc1cc2c(cc1F)C(=O)CC2.CS(=O)(=O)O.O=C(O)CC(=O)O.[2HH].[2HH]. The first-order valence-electron chi connectivity index (χ1n) is 38.2. The standard InChI is InChI=1S/C14H17FO3.C14H15FO3.C13H15FO3.C10H11FO3.C10H9FO3.C10H9FO2.C8H7FO2.C4H7BrO2.C3H4O4.CH4O3S.2CH4.BBr3.2H2/c2*1-3-18-14(16)7-10-5-4-9-6-13(17-2)12(15)8-11(9)10;1-2-17-13(16)6-9-4-3-8-5-12(15)11(14)7-10(8)9;2*1-14-9-6-7(2-4-8(9)11)3-5-10(12)13;1-13-10-4-6-2-3-9(12)7(6)5-8(10)11;1-11-8-4-6(5-10)2-3-7(8)9;1-2-7-4(6)3-5;4-2(5)1-3(6)7;1-5(2,3)4;;;2-1(3)4;;/h6,8,10H,3-5,7H2,1-2H3;6-8H,3-5H2,1-2H3;5,7,9,15H,2-4,6H2,1H3;2,4,6H,3,5H2,1H3,(H,12,13);2-6H,1H3,(H,12,13);4-5H,2-3H2,1H3;2-5H,1H3;2-3H2,1H3;1H2,(H,4,5)(H,6,7);1H3,(H,2,3,4);2*1H4;;2*1H/b;10-7+;;;5-3+;;;;;;;;;;/i;;;;;;;;;;;;;2*1+1. The first-order chi connectivity index (χ1) is 60.3. The molecule has 41 heteroatoms. The van der Waals surface area contributed by atoms with Gasteiger partial charge in [0.15, 0.2) is 86.8 Å². The fourth-order valence-corrected chi connectivity index (χ4v) is 11.9. The van der Waals surface area contributed by atoms with Crippen LogP contribution in [-0.4, -0.2) is 182 Å². The van der Waals surface area contributed by atoms with Crippen molar-refractivity contribution in [2.24, 2.45) is 0 Å². The highest BCUT2D eigenvalue weighted by atomic mass is 79.9. The van der Waals surface area contributed by atoms with Gasteiger partial charge in [0.2, 0.25) is 0 Å². The van der Waals surface area contributed by atoms with Crippen LogP contribution in [0.2, 0.25) is 0 Å². The van der Waals surface area contributed by atoms with E-state index in [-0.39, 0.29) is 121 Å². The Morgan fingerprint density at radius 2 is 0.862 bits per heavy atom. The van der Waals surface area contributed by atoms with Crippen LogP contribution in [0.4, 0.5) is 30.7 Å². The molecule has 7 aromatic carbocycles. The number of carboxylic acids is 4. The van der Waals surface area contributed by atoms with E-state index in [2.05, 4.69) is 72.7 Å². The molecule has 0 saturated carbocycles. The van der Waals surface area contributed by atoms with Crippen LogP contribution in [0, 0.1) is 40.7 Å². The van der Waals surface area contributed by atoms with E-state index in [9.17, 15) is 92.2 Å². The monoisotopic (exact) mass is 2120 g/mol. The van der Waals surface area contributed by atoms with E-state index < -0.39 is 75.3 Å². The van der Waals surface area contributed by atoms with E-state index in [0.717, 1.165) is 94.7 Å². The second-order valence-corrected chi connectivity index (χ2v) is 34.6. The molecule has 130 heavy (non-hydrogen) atoms. The van der Waals surface area contributed by atoms with Gasteiger partial charge in [0.25, 0.3) is 10.1 Å². The number of hydrogen-bond donors (Lipinski definition) is 6. The summed E-state index contributed by atoms with van der Waals surface area (Å²) in [5.41, 5.74) is 9.49. The highest BCUT2D eigenvalue weighted by molar-refractivity contribution is 9.69. The number of ether oxygens (including phenoxy) is 10. The maximum Gasteiger partial charge on any atom is 0.369 e. The summed E-state index contributed by atoms with van der Waals surface area (Å²) in [6.07, 6.45) is 11.4. The van der Waals surface area contributed by atoms with Gasteiger partial charge in [-0.15, -0.1) is 47.3 Å². The molecule has 4 aliphatic rings. The minimum absolute atomic E-state index is 0. The molecule has 6 N–H and O–H groups in total. The van der Waals surface area contributed by atoms with E-state index >= 15 is 0 Å². The number of methoxy groups -OCH3 is 6. The first kappa shape index (κ1) is 121. The number of aryl methyl sites for hydroxylation is 5. The van der Waals surface area contributed by atoms with Crippen molar-refractivity contribution in [3.8, 4) is 40.2 Å². The Kier molecular flexibility index (Phi) is 60.4. The lowest BCUT2D eigenvalue weighted by Gasteiger charge is -2.12. The van der Waals surface area contributed by atoms with Gasteiger partial charge in [-0.2, -0.15) is 8.42 Å². The van der Waals surface area contributed by atoms with Crippen molar-refractivity contribution in [2.45, 2.75) is 138 Å². The Bertz CT molecular complexity index is 5040. The van der Waals surface area contributed by atoms with Crippen LogP contribution in [0.15, 0.2) is 115 Å². The molecule has 0 spiro atoms. The smallest absolute Gasteiger partial charge is 0.369 e. The summed E-state index contributed by atoms with van der Waals surface area (Å²) in [6, 6.07) is 24.4. The number of Topliss-reactive ketones (excluding diaryl/α,β-unsaturated/α-hetero) is 1. The maximum atomic E-state index is 13.7. The molecular weight excluding hydrogens is 2010 g/mol. The van der Waals surface area contributed by atoms with E-state index in [4.69, 9.17) is 62.9 Å². The Hall–Kier alpha value is -10.9. The van der Waals surface area contributed by atoms with E-state index in [1.165, 1.54) is 134 Å². The average Bonchev–Trinajstić information content (AvgIpc) is 1.66. The Balaban J connectivity index is -0.000000695. The Morgan fingerprint density at radius 3 is 1.27 bits per heavy atom. The third-order valence-corrected chi connectivity index (χ3v) is 17.7. The van der Waals surface area contributed by atoms with Crippen LogP contribution in [0.3, 0.4) is 0 Å². The number of allylic oxidation sites excluding steroid dienone is 1. The predicted molar refractivity (Wildman–Crippen MR) is 492 cm³/mol. The molecule has 2 atom stereocenters. The normalized spacial score (nSPS) is 12.9. The van der Waals surface area contributed by atoms with Gasteiger partial charge in [-0.3, -0.25) is 42.9 Å². The molecule has 720 valence electrons. The number of fused-ring (bicyclic) bond motifs is 4. The molecule has 2 unspecified atom stereocenters. The number of carbonyl (C=O) groups is 10. The second kappa shape index (κ2) is 64.8. The third kappa shape index (κ3) is 47.6. The fourth-order valence-electron chi connectivity index (χ4n) is 11.7. The first-order valence-corrected chi connectivity index (χ1v) is 44.0. The molecule has 0 amide bonds. The molecule has 0 heterocycles. The van der Waals surface area contributed by atoms with E-state index in [1.54, 1.807) is 52.0 Å². The predicted octanol–water partition coefficient (Wildman–Crippen LogP) is 19.4. The number of alkyl halides is 1. The molecule has 28 nitrogen and oxygen atoms in total. The van der Waals surface area contributed by atoms with Crippen LogP contribution in [0.25, 0.3) is 11.6 Å². The van der Waals surface area contributed by atoms with Gasteiger partial charge < -0.3 is 72.9 Å². The molecule has 0 bridgehead atoms. The summed E-state index contributed by atoms with van der Waals surface area (Å²) in [4.78, 5) is 105. The summed E-state index contributed by atoms with van der Waals surface area (Å²) in [5, 5.41) is 41.8. The number of carbonyl (C=O) groups excluding carboxylic acids is 6. The number of aromatic hydroxyl groups is 1. The van der Waals surface area contributed by atoms with Crippen molar-refractivity contribution in [1.29, 1.82) is 0 Å². The summed E-state index contributed by atoms with van der Waals surface area (Å²) in [7, 11) is 4.72. The maximum absolute atomic E-state index is 13.7. The number of hydrogen-bond acceptors (Lipinski definition) is 23. The third-order valence-electron chi connectivity index (χ3n) is 17.2. The molecule has 0 fully saturated rings. The highest BCUT2D eigenvalue weighted by Gasteiger charge is 2.30. The van der Waals surface area contributed by atoms with Crippen molar-refractivity contribution >= 4 is 148 Å². The molecule has 0 aliphatic heterocycles. The topological polar surface area (TPSA) is 419 Å². The Labute approximate surface area is 786 Å². The Morgan fingerprint density at radius 1 is 0.485 bits per heavy atom. The molecule has 0 aromatic heterocycles. The minimum Gasteiger partial charge on any atom is -0.505 e. The molecule has 4 aliphatic carbocycles. The number of ketones is 1.